The first-order valence-corrected chi connectivity index (χ1v) is 8.64. The summed E-state index contributed by atoms with van der Waals surface area (Å²) in [5.74, 6) is 0.266. The lowest BCUT2D eigenvalue weighted by atomic mass is 10.2. The molecule has 1 aromatic carbocycles. The Morgan fingerprint density at radius 1 is 1.21 bits per heavy atom. The van der Waals surface area contributed by atoms with Gasteiger partial charge in [-0.15, -0.1) is 0 Å². The highest BCUT2D eigenvalue weighted by atomic mass is 79.9. The molecule has 0 aliphatic rings. The second kappa shape index (κ2) is 8.80. The third-order valence-corrected chi connectivity index (χ3v) is 4.06. The van der Waals surface area contributed by atoms with Crippen molar-refractivity contribution in [2.75, 3.05) is 18.0 Å². The van der Waals surface area contributed by atoms with Crippen LogP contribution in [0, 0.1) is 0 Å². The number of aromatic nitrogens is 1. The number of carbonyl (C=O) groups is 2. The summed E-state index contributed by atoms with van der Waals surface area (Å²) in [4.78, 5) is 30.1. The molecule has 1 aromatic heterocycles. The van der Waals surface area contributed by atoms with E-state index in [2.05, 4.69) is 26.2 Å². The van der Waals surface area contributed by atoms with Crippen LogP contribution in [0.5, 0.6) is 0 Å². The minimum Gasteiger partial charge on any atom is -0.352 e. The van der Waals surface area contributed by atoms with E-state index in [1.807, 2.05) is 13.0 Å². The number of benzene rings is 1. The average molecular weight is 411 g/mol. The predicted molar refractivity (Wildman–Crippen MR) is 98.4 cm³/mol. The van der Waals surface area contributed by atoms with Crippen LogP contribution in [-0.2, 0) is 4.79 Å². The normalized spacial score (nSPS) is 10.3. The molecule has 0 unspecified atom stereocenters. The Morgan fingerprint density at radius 3 is 2.50 bits per heavy atom. The van der Waals surface area contributed by atoms with Crippen molar-refractivity contribution in [1.29, 1.82) is 0 Å². The number of pyridine rings is 1. The molecular weight excluding hydrogens is 394 g/mol. The Hall–Kier alpha value is -1.92. The molecule has 0 saturated heterocycles. The molecule has 2 rings (SSSR count). The van der Waals surface area contributed by atoms with Crippen LogP contribution in [0.4, 0.5) is 5.82 Å². The molecule has 0 spiro atoms. The van der Waals surface area contributed by atoms with Crippen LogP contribution in [0.1, 0.15) is 23.7 Å². The number of nitrogens with zero attached hydrogens (tertiary/aromatic N) is 2. The zero-order valence-electron chi connectivity index (χ0n) is 13.1. The Kier molecular flexibility index (Phi) is 6.75. The number of halogens is 2. The lowest BCUT2D eigenvalue weighted by Gasteiger charge is -2.20. The van der Waals surface area contributed by atoms with Crippen molar-refractivity contribution in [2.45, 2.75) is 13.3 Å². The summed E-state index contributed by atoms with van der Waals surface area (Å²) in [5.41, 5.74) is 0.508. The maximum Gasteiger partial charge on any atom is 0.251 e. The molecule has 126 valence electrons. The Balaban J connectivity index is 1.88. The number of anilines is 1. The van der Waals surface area contributed by atoms with Gasteiger partial charge in [-0.1, -0.05) is 11.6 Å². The molecule has 5 nitrogen and oxygen atoms in total. The van der Waals surface area contributed by atoms with Gasteiger partial charge in [0.2, 0.25) is 5.91 Å². The van der Waals surface area contributed by atoms with Gasteiger partial charge in [-0.3, -0.25) is 14.5 Å². The fourth-order valence-corrected chi connectivity index (χ4v) is 2.48. The van der Waals surface area contributed by atoms with Gasteiger partial charge in [-0.25, -0.2) is 4.98 Å². The van der Waals surface area contributed by atoms with Crippen LogP contribution in [0.3, 0.4) is 0 Å². The first-order chi connectivity index (χ1) is 11.5. The van der Waals surface area contributed by atoms with Crippen LogP contribution < -0.4 is 10.2 Å². The third kappa shape index (κ3) is 5.04. The largest absolute Gasteiger partial charge is 0.352 e. The SMILES string of the molecule is CCN(C(=O)CCNC(=O)c1ccc(Cl)cc1)c1ccc(Br)cn1. The molecule has 1 heterocycles. The first kappa shape index (κ1) is 18.4. The Bertz CT molecular complexity index is 705. The highest BCUT2D eigenvalue weighted by Crippen LogP contribution is 2.15. The van der Waals surface area contributed by atoms with Gasteiger partial charge in [-0.05, 0) is 59.3 Å². The van der Waals surface area contributed by atoms with Gasteiger partial charge >= 0.3 is 0 Å². The van der Waals surface area contributed by atoms with Crippen molar-refractivity contribution in [3.8, 4) is 0 Å². The third-order valence-electron chi connectivity index (χ3n) is 3.34. The summed E-state index contributed by atoms with van der Waals surface area (Å²) in [6.07, 6.45) is 1.85. The minimum absolute atomic E-state index is 0.0938. The van der Waals surface area contributed by atoms with Crippen LogP contribution in [0.25, 0.3) is 0 Å². The van der Waals surface area contributed by atoms with Crippen LogP contribution in [0.2, 0.25) is 5.02 Å². The lowest BCUT2D eigenvalue weighted by molar-refractivity contribution is -0.118. The molecular formula is C17H17BrClN3O2. The van der Waals surface area contributed by atoms with Crippen LogP contribution in [0.15, 0.2) is 47.1 Å². The van der Waals surface area contributed by atoms with E-state index in [1.54, 1.807) is 41.4 Å². The number of carbonyl (C=O) groups excluding carboxylic acids is 2. The second-order valence-electron chi connectivity index (χ2n) is 4.99. The van der Waals surface area contributed by atoms with Gasteiger partial charge in [-0.2, -0.15) is 0 Å². The summed E-state index contributed by atoms with van der Waals surface area (Å²) < 4.78 is 0.852. The van der Waals surface area contributed by atoms with E-state index in [4.69, 9.17) is 11.6 Å². The van der Waals surface area contributed by atoms with Gasteiger partial charge in [0, 0.05) is 40.8 Å². The van der Waals surface area contributed by atoms with Crippen molar-refractivity contribution < 1.29 is 9.59 Å². The van der Waals surface area contributed by atoms with Gasteiger partial charge in [0.05, 0.1) is 0 Å². The molecule has 2 aromatic rings. The first-order valence-electron chi connectivity index (χ1n) is 7.47. The molecule has 0 atom stereocenters. The van der Waals surface area contributed by atoms with E-state index in [9.17, 15) is 9.59 Å². The smallest absolute Gasteiger partial charge is 0.251 e. The monoisotopic (exact) mass is 409 g/mol. The van der Waals surface area contributed by atoms with Crippen molar-refractivity contribution >= 4 is 45.2 Å². The zero-order chi connectivity index (χ0) is 17.5. The van der Waals surface area contributed by atoms with Gasteiger partial charge < -0.3 is 5.32 Å². The molecule has 0 aliphatic heterocycles. The molecule has 0 fully saturated rings. The average Bonchev–Trinajstić information content (AvgIpc) is 2.57. The molecule has 0 bridgehead atoms. The van der Waals surface area contributed by atoms with Gasteiger partial charge in [0.1, 0.15) is 5.82 Å². The lowest BCUT2D eigenvalue weighted by Crippen LogP contribution is -2.35. The number of amides is 2. The predicted octanol–water partition coefficient (Wildman–Crippen LogP) is 3.67. The van der Waals surface area contributed by atoms with Crippen LogP contribution in [-0.4, -0.2) is 29.9 Å². The number of nitrogens with one attached hydrogen (secondary N) is 1. The van der Waals surface area contributed by atoms with E-state index in [1.165, 1.54) is 0 Å². The number of rotatable bonds is 6. The highest BCUT2D eigenvalue weighted by molar-refractivity contribution is 9.10. The van der Waals surface area contributed by atoms with Crippen LogP contribution >= 0.6 is 27.5 Å². The molecule has 7 heteroatoms. The Morgan fingerprint density at radius 2 is 1.92 bits per heavy atom. The number of hydrogen-bond acceptors (Lipinski definition) is 3. The zero-order valence-corrected chi connectivity index (χ0v) is 15.5. The standard InChI is InChI=1S/C17H17BrClN3O2/c1-2-22(15-8-5-13(18)11-21-15)16(23)9-10-20-17(24)12-3-6-14(19)7-4-12/h3-8,11H,2,9-10H2,1H3,(H,20,24). The summed E-state index contributed by atoms with van der Waals surface area (Å²) in [5, 5.41) is 3.30. The van der Waals surface area contributed by atoms with Crippen molar-refractivity contribution in [2.24, 2.45) is 0 Å². The summed E-state index contributed by atoms with van der Waals surface area (Å²) in [6.45, 7) is 2.65. The topological polar surface area (TPSA) is 62.3 Å². The molecule has 1 N–H and O–H groups in total. The number of hydrogen-bond donors (Lipinski definition) is 1. The Labute approximate surface area is 154 Å². The van der Waals surface area contributed by atoms with E-state index in [0.717, 1.165) is 4.47 Å². The minimum atomic E-state index is -0.232. The molecule has 24 heavy (non-hydrogen) atoms. The molecule has 0 radical (unpaired) electrons. The maximum absolute atomic E-state index is 12.3. The van der Waals surface area contributed by atoms with Gasteiger partial charge in [0.15, 0.2) is 0 Å². The summed E-state index contributed by atoms with van der Waals surface area (Å²) >= 11 is 9.11. The molecule has 0 saturated carbocycles. The fourth-order valence-electron chi connectivity index (χ4n) is 2.12. The fraction of sp³-hybridized carbons (Fsp3) is 0.235. The molecule has 0 aliphatic carbocycles. The van der Waals surface area contributed by atoms with Crippen molar-refractivity contribution in [3.05, 3.63) is 57.7 Å². The highest BCUT2D eigenvalue weighted by Gasteiger charge is 2.15. The second-order valence-corrected chi connectivity index (χ2v) is 6.34. The quantitative estimate of drug-likeness (QED) is 0.790. The van der Waals surface area contributed by atoms with E-state index < -0.39 is 0 Å². The maximum atomic E-state index is 12.3. The van der Waals surface area contributed by atoms with Crippen molar-refractivity contribution in [1.82, 2.24) is 10.3 Å². The molecule has 2 amide bonds. The van der Waals surface area contributed by atoms with E-state index in [-0.39, 0.29) is 24.8 Å². The summed E-state index contributed by atoms with van der Waals surface area (Å²) in [6, 6.07) is 10.2. The van der Waals surface area contributed by atoms with E-state index >= 15 is 0 Å². The van der Waals surface area contributed by atoms with Gasteiger partial charge in [0.25, 0.3) is 5.91 Å². The summed E-state index contributed by atoms with van der Waals surface area (Å²) in [7, 11) is 0. The van der Waals surface area contributed by atoms with E-state index in [0.29, 0.717) is 22.9 Å². The van der Waals surface area contributed by atoms with Crippen molar-refractivity contribution in [3.63, 3.8) is 0 Å².